The molecule has 0 bridgehead atoms. The minimum atomic E-state index is -4.22. The molecule has 2 N–H and O–H groups in total. The van der Waals surface area contributed by atoms with Crippen LogP contribution in [0.15, 0.2) is 67.9 Å². The number of aromatic amines is 2. The zero-order valence-electron chi connectivity index (χ0n) is 16.9. The average Bonchev–Trinajstić information content (AvgIpc) is 2.74. The molecule has 0 saturated carbocycles. The minimum Gasteiger partial charge on any atom is -0.384 e. The highest BCUT2D eigenvalue weighted by Crippen LogP contribution is 2.14. The van der Waals surface area contributed by atoms with Gasteiger partial charge in [-0.15, -0.1) is 0 Å². The van der Waals surface area contributed by atoms with Crippen molar-refractivity contribution in [1.29, 1.82) is 0 Å². The molecule has 0 amide bonds. The molecule has 10 nitrogen and oxygen atoms in total. The molecule has 0 atom stereocenters. The quantitative estimate of drug-likeness (QED) is 0.469. The number of hydrogen-bond acceptors (Lipinski definition) is 8. The van der Waals surface area contributed by atoms with Gasteiger partial charge in [-0.05, 0) is 38.1 Å². The van der Waals surface area contributed by atoms with Crippen LogP contribution >= 0.6 is 0 Å². The van der Waals surface area contributed by atoms with Crippen LogP contribution < -0.4 is 21.8 Å². The molecule has 0 radical (unpaired) electrons. The Morgan fingerprint density at radius 2 is 0.938 bits per heavy atom. The summed E-state index contributed by atoms with van der Waals surface area (Å²) in [4.78, 5) is 28.3. The highest BCUT2D eigenvalue weighted by Gasteiger charge is 2.15. The first-order chi connectivity index (χ1) is 15.0. The minimum absolute atomic E-state index is 0.141. The number of aromatic nitrogens is 2. The number of H-pyrrole nitrogens is 2. The molecule has 1 heterocycles. The lowest BCUT2D eigenvalue weighted by atomic mass is 10.2. The molecule has 0 aliphatic carbocycles. The van der Waals surface area contributed by atoms with E-state index in [1.807, 2.05) is 0 Å². The molecule has 0 aliphatic heterocycles. The fourth-order valence-electron chi connectivity index (χ4n) is 2.40. The van der Waals surface area contributed by atoms with Crippen molar-refractivity contribution in [1.82, 2.24) is 9.97 Å². The number of benzene rings is 2. The molecule has 0 fully saturated rings. The van der Waals surface area contributed by atoms with Crippen LogP contribution in [0, 0.1) is 13.8 Å². The summed E-state index contributed by atoms with van der Waals surface area (Å²) >= 11 is 0. The van der Waals surface area contributed by atoms with E-state index in [0.29, 0.717) is 12.5 Å². The first-order valence-corrected chi connectivity index (χ1v) is 11.8. The summed E-state index contributed by atoms with van der Waals surface area (Å²) in [5, 5.41) is -0.992. The number of nitrogens with one attached hydrogen (secondary N) is 2. The van der Waals surface area contributed by atoms with E-state index in [9.17, 15) is 26.4 Å². The van der Waals surface area contributed by atoms with Crippen LogP contribution in [0.3, 0.4) is 0 Å². The molecule has 0 aliphatic rings. The lowest BCUT2D eigenvalue weighted by molar-refractivity contribution is 0.471. The van der Waals surface area contributed by atoms with Crippen molar-refractivity contribution < 1.29 is 25.2 Å². The van der Waals surface area contributed by atoms with E-state index >= 15 is 0 Å². The number of hydrogen-bond donors (Lipinski definition) is 2. The van der Waals surface area contributed by atoms with Gasteiger partial charge >= 0.3 is 20.2 Å². The lowest BCUT2D eigenvalue weighted by Crippen LogP contribution is -2.47. The van der Waals surface area contributed by atoms with E-state index in [1.54, 1.807) is 38.1 Å². The molecule has 0 saturated heterocycles. The van der Waals surface area contributed by atoms with Crippen LogP contribution in [-0.2, 0) is 28.6 Å². The van der Waals surface area contributed by atoms with Gasteiger partial charge in [0.2, 0.25) is 0 Å². The summed E-state index contributed by atoms with van der Waals surface area (Å²) in [5.74, 6) is 0. The number of rotatable bonds is 6. The molecule has 12 heteroatoms. The predicted octanol–water partition coefficient (Wildman–Crippen LogP) is -0.0330. The molecule has 0 unspecified atom stereocenters. The lowest BCUT2D eigenvalue weighted by Gasteiger charge is -2.03. The van der Waals surface area contributed by atoms with Gasteiger partial charge in [-0.2, -0.15) is 16.8 Å². The summed E-state index contributed by atoms with van der Waals surface area (Å²) in [6, 6.07) is 11.6. The highest BCUT2D eigenvalue weighted by molar-refractivity contribution is 7.87. The van der Waals surface area contributed by atoms with Crippen molar-refractivity contribution in [3.05, 3.63) is 91.1 Å². The highest BCUT2D eigenvalue weighted by atomic mass is 32.2. The second kappa shape index (κ2) is 8.85. The van der Waals surface area contributed by atoms with Crippen molar-refractivity contribution in [3.63, 3.8) is 0 Å². The van der Waals surface area contributed by atoms with E-state index in [2.05, 4.69) is 9.97 Å². The third-order valence-electron chi connectivity index (χ3n) is 4.19. The van der Waals surface area contributed by atoms with E-state index in [4.69, 9.17) is 8.37 Å². The zero-order valence-corrected chi connectivity index (χ0v) is 18.5. The van der Waals surface area contributed by atoms with Crippen molar-refractivity contribution in [2.24, 2.45) is 0 Å². The van der Waals surface area contributed by atoms with Crippen molar-refractivity contribution in [2.75, 3.05) is 0 Å². The van der Waals surface area contributed by atoms with E-state index in [1.165, 1.54) is 24.3 Å². The molecule has 0 spiro atoms. The monoisotopic (exact) mass is 478 g/mol. The second-order valence-electron chi connectivity index (χ2n) is 6.70. The first kappa shape index (κ1) is 23.0. The van der Waals surface area contributed by atoms with Crippen LogP contribution in [0.1, 0.15) is 11.1 Å². The maximum Gasteiger partial charge on any atom is 0.338 e. The maximum absolute atomic E-state index is 12.2. The van der Waals surface area contributed by atoms with Gasteiger partial charge in [-0.3, -0.25) is 9.59 Å². The van der Waals surface area contributed by atoms with Gasteiger partial charge in [0, 0.05) is 0 Å². The van der Waals surface area contributed by atoms with Gasteiger partial charge in [-0.25, -0.2) is 0 Å². The second-order valence-corrected chi connectivity index (χ2v) is 9.84. The molecular weight excluding hydrogens is 460 g/mol. The molecule has 1 aromatic heterocycles. The number of aryl methyl sites for hydroxylation is 2. The van der Waals surface area contributed by atoms with Crippen LogP contribution in [0.5, 0.6) is 0 Å². The predicted molar refractivity (Wildman–Crippen MR) is 115 cm³/mol. The topological polar surface area (TPSA) is 152 Å². The van der Waals surface area contributed by atoms with Crippen molar-refractivity contribution in [2.45, 2.75) is 23.6 Å². The Hall–Kier alpha value is -3.64. The third-order valence-corrected chi connectivity index (χ3v) is 6.59. The molecule has 32 heavy (non-hydrogen) atoms. The standard InChI is InChI=1S/C20H18N2O8S2/c1-13-3-7-15(8-4-13)31(25,26)29-11-17-19(23)22-18(20(24)21-17)12-30-32(27,28)16-9-5-14(2)6-10-16/h3-12H,1-2H3,(H,21,24)(H,22,23)/b17-11-,18-12-. The molecule has 3 rings (SSSR count). The fraction of sp³-hybridized carbons (Fsp3) is 0.100. The smallest absolute Gasteiger partial charge is 0.338 e. The van der Waals surface area contributed by atoms with Crippen LogP contribution in [-0.4, -0.2) is 26.8 Å². The van der Waals surface area contributed by atoms with E-state index in [0.717, 1.165) is 11.1 Å². The van der Waals surface area contributed by atoms with Crippen LogP contribution in [0.4, 0.5) is 0 Å². The Balaban J connectivity index is 1.89. The van der Waals surface area contributed by atoms with Gasteiger partial charge in [0.05, 0.1) is 0 Å². The summed E-state index contributed by atoms with van der Waals surface area (Å²) in [5.41, 5.74) is -0.197. The van der Waals surface area contributed by atoms with Crippen molar-refractivity contribution in [3.8, 4) is 0 Å². The molecule has 2 aromatic carbocycles. The largest absolute Gasteiger partial charge is 0.384 e. The van der Waals surface area contributed by atoms with Gasteiger partial charge in [0.25, 0.3) is 11.1 Å². The summed E-state index contributed by atoms with van der Waals surface area (Å²) in [6.45, 7) is 3.56. The Morgan fingerprint density at radius 3 is 1.25 bits per heavy atom. The Bertz CT molecular complexity index is 1460. The van der Waals surface area contributed by atoms with Gasteiger partial charge in [0.1, 0.15) is 33.0 Å². The van der Waals surface area contributed by atoms with Crippen LogP contribution in [0.25, 0.3) is 12.5 Å². The first-order valence-electron chi connectivity index (χ1n) is 9.01. The molecule has 3 aromatic rings. The van der Waals surface area contributed by atoms with Crippen molar-refractivity contribution >= 4 is 32.8 Å². The third kappa shape index (κ3) is 5.34. The molecular formula is C20H18N2O8S2. The summed E-state index contributed by atoms with van der Waals surface area (Å²) in [6.07, 6.45) is 1.15. The summed E-state index contributed by atoms with van der Waals surface area (Å²) < 4.78 is 58.2. The maximum atomic E-state index is 12.2. The fourth-order valence-corrected chi connectivity index (χ4v) is 4.01. The Kier molecular flexibility index (Phi) is 6.37. The zero-order chi connectivity index (χ0) is 23.5. The van der Waals surface area contributed by atoms with Gasteiger partial charge < -0.3 is 18.3 Å². The Morgan fingerprint density at radius 1 is 0.625 bits per heavy atom. The normalized spacial score (nSPS) is 13.2. The molecule has 168 valence electrons. The van der Waals surface area contributed by atoms with E-state index in [-0.39, 0.29) is 9.79 Å². The van der Waals surface area contributed by atoms with E-state index < -0.39 is 42.1 Å². The van der Waals surface area contributed by atoms with Crippen LogP contribution in [0.2, 0.25) is 0 Å². The SMILES string of the molecule is Cc1ccc(S(=O)(=O)O/C=c2\[nH]c(=O)/c(=C/OS(=O)(=O)c3ccc(C)cc3)[nH]c2=O)cc1. The van der Waals surface area contributed by atoms with Gasteiger partial charge in [-0.1, -0.05) is 35.4 Å². The summed E-state index contributed by atoms with van der Waals surface area (Å²) in [7, 11) is -8.44. The Labute approximate surface area is 182 Å². The average molecular weight is 479 g/mol. The van der Waals surface area contributed by atoms with Gasteiger partial charge in [0.15, 0.2) is 0 Å².